The molecule has 1 fully saturated rings. The van der Waals surface area contributed by atoms with E-state index in [1.165, 1.54) is 23.5 Å². The number of ether oxygens (including phenoxy) is 1. The summed E-state index contributed by atoms with van der Waals surface area (Å²) >= 11 is 1.31. The van der Waals surface area contributed by atoms with E-state index in [0.717, 1.165) is 10.9 Å². The van der Waals surface area contributed by atoms with Crippen LogP contribution in [0, 0.1) is 17.0 Å². The molecular weight excluding hydrogens is 384 g/mol. The lowest BCUT2D eigenvalue weighted by atomic mass is 9.79. The van der Waals surface area contributed by atoms with E-state index in [1.54, 1.807) is 6.20 Å². The Morgan fingerprint density at radius 2 is 2.04 bits per heavy atom. The summed E-state index contributed by atoms with van der Waals surface area (Å²) in [6, 6.07) is 3.80. The highest BCUT2D eigenvalue weighted by atomic mass is 35.5. The number of carbonyl (C=O) groups is 1. The van der Waals surface area contributed by atoms with Gasteiger partial charge in [0.15, 0.2) is 16.8 Å². The lowest BCUT2D eigenvalue weighted by Gasteiger charge is -2.34. The summed E-state index contributed by atoms with van der Waals surface area (Å²) in [5.41, 5.74) is 5.85. The lowest BCUT2D eigenvalue weighted by molar-refractivity contribution is -0.130. The highest BCUT2D eigenvalue weighted by Gasteiger charge is 2.39. The summed E-state index contributed by atoms with van der Waals surface area (Å²) in [5, 5.41) is 3.30. The summed E-state index contributed by atoms with van der Waals surface area (Å²) in [6.07, 6.45) is 3.21. The fourth-order valence-corrected chi connectivity index (χ4v) is 3.66. The smallest absolute Gasteiger partial charge is 0.233 e. The van der Waals surface area contributed by atoms with Crippen molar-refractivity contribution in [3.05, 3.63) is 46.5 Å². The Morgan fingerprint density at radius 1 is 1.31 bits per heavy atom. The van der Waals surface area contributed by atoms with Gasteiger partial charge in [-0.05, 0) is 30.5 Å². The predicted octanol–water partition coefficient (Wildman–Crippen LogP) is 3.13. The second kappa shape index (κ2) is 8.85. The van der Waals surface area contributed by atoms with E-state index in [2.05, 4.69) is 10.3 Å². The van der Waals surface area contributed by atoms with Crippen LogP contribution in [0.3, 0.4) is 0 Å². The first-order valence-corrected chi connectivity index (χ1v) is 8.82. The molecule has 0 saturated carbocycles. The molecule has 26 heavy (non-hydrogen) atoms. The van der Waals surface area contributed by atoms with Crippen LogP contribution in [-0.4, -0.2) is 30.6 Å². The molecule has 2 heterocycles. The highest BCUT2D eigenvalue weighted by Crippen LogP contribution is 2.32. The van der Waals surface area contributed by atoms with Gasteiger partial charge in [-0.15, -0.1) is 23.7 Å². The van der Waals surface area contributed by atoms with Crippen LogP contribution in [0.2, 0.25) is 0 Å². The Labute approximate surface area is 160 Å². The van der Waals surface area contributed by atoms with Gasteiger partial charge in [-0.25, -0.2) is 13.8 Å². The van der Waals surface area contributed by atoms with Crippen molar-refractivity contribution in [2.45, 2.75) is 19.3 Å². The Kier molecular flexibility index (Phi) is 7.05. The van der Waals surface area contributed by atoms with Crippen LogP contribution in [0.25, 0.3) is 0 Å². The van der Waals surface area contributed by atoms with Gasteiger partial charge < -0.3 is 15.8 Å². The van der Waals surface area contributed by atoms with E-state index in [1.807, 2.05) is 0 Å². The van der Waals surface area contributed by atoms with E-state index in [-0.39, 0.29) is 24.9 Å². The standard InChI is InChI=1S/C17H19F2N3O2S.ClH/c18-13-2-1-11(8-14(13)19)7-12-9-21-16(25-12)22-15(23)17(10-20)3-5-24-6-4-17;/h1-2,8-9H,3-7,10,20H2,(H,21,22,23);1H. The molecule has 142 valence electrons. The molecule has 3 rings (SSSR count). The van der Waals surface area contributed by atoms with Crippen molar-refractivity contribution in [3.63, 3.8) is 0 Å². The monoisotopic (exact) mass is 403 g/mol. The topological polar surface area (TPSA) is 77.2 Å². The van der Waals surface area contributed by atoms with Crippen molar-refractivity contribution < 1.29 is 18.3 Å². The van der Waals surface area contributed by atoms with Gasteiger partial charge in [-0.3, -0.25) is 4.79 Å². The van der Waals surface area contributed by atoms with E-state index < -0.39 is 17.0 Å². The van der Waals surface area contributed by atoms with E-state index in [9.17, 15) is 13.6 Å². The number of aromatic nitrogens is 1. The zero-order valence-electron chi connectivity index (χ0n) is 14.0. The number of amides is 1. The van der Waals surface area contributed by atoms with Gasteiger partial charge in [-0.2, -0.15) is 0 Å². The van der Waals surface area contributed by atoms with Gasteiger partial charge in [0.1, 0.15) is 0 Å². The van der Waals surface area contributed by atoms with Crippen LogP contribution in [-0.2, 0) is 16.0 Å². The SMILES string of the molecule is Cl.NCC1(C(=O)Nc2ncc(Cc3ccc(F)c(F)c3)s2)CCOCC1. The van der Waals surface area contributed by atoms with E-state index >= 15 is 0 Å². The Balaban J connectivity index is 0.00000243. The van der Waals surface area contributed by atoms with Crippen molar-refractivity contribution >= 4 is 34.8 Å². The number of thiazole rings is 1. The lowest BCUT2D eigenvalue weighted by Crippen LogP contribution is -2.46. The fourth-order valence-electron chi connectivity index (χ4n) is 2.81. The number of anilines is 1. The molecule has 1 aromatic heterocycles. The van der Waals surface area contributed by atoms with Crippen LogP contribution < -0.4 is 11.1 Å². The van der Waals surface area contributed by atoms with Crippen LogP contribution in [0.15, 0.2) is 24.4 Å². The van der Waals surface area contributed by atoms with Gasteiger partial charge in [0.05, 0.1) is 5.41 Å². The number of rotatable bonds is 5. The normalized spacial score (nSPS) is 16.0. The van der Waals surface area contributed by atoms with E-state index in [4.69, 9.17) is 10.5 Å². The van der Waals surface area contributed by atoms with Crippen molar-refractivity contribution in [2.75, 3.05) is 25.1 Å². The van der Waals surface area contributed by atoms with Gasteiger partial charge in [0.2, 0.25) is 5.91 Å². The van der Waals surface area contributed by atoms with E-state index in [0.29, 0.717) is 43.2 Å². The third-order valence-corrected chi connectivity index (χ3v) is 5.37. The number of nitrogens with one attached hydrogen (secondary N) is 1. The molecular formula is C17H20ClF2N3O2S. The number of nitrogens with zero attached hydrogens (tertiary/aromatic N) is 1. The second-order valence-electron chi connectivity index (χ2n) is 6.11. The van der Waals surface area contributed by atoms with Crippen LogP contribution in [0.1, 0.15) is 23.3 Å². The summed E-state index contributed by atoms with van der Waals surface area (Å²) in [7, 11) is 0. The Hall–Kier alpha value is -1.61. The molecule has 2 aromatic rings. The zero-order chi connectivity index (χ0) is 17.9. The molecule has 0 aliphatic carbocycles. The van der Waals surface area contributed by atoms with Crippen LogP contribution in [0.4, 0.5) is 13.9 Å². The molecule has 1 aromatic carbocycles. The molecule has 3 N–H and O–H groups in total. The largest absolute Gasteiger partial charge is 0.381 e. The first-order chi connectivity index (χ1) is 12.0. The quantitative estimate of drug-likeness (QED) is 0.804. The Morgan fingerprint density at radius 3 is 2.69 bits per heavy atom. The third kappa shape index (κ3) is 4.56. The number of hydrogen-bond acceptors (Lipinski definition) is 5. The molecule has 0 unspecified atom stereocenters. The van der Waals surface area contributed by atoms with Crippen molar-refractivity contribution in [1.29, 1.82) is 0 Å². The Bertz CT molecular complexity index is 766. The minimum atomic E-state index is -0.875. The molecule has 1 aliphatic heterocycles. The minimum absolute atomic E-state index is 0. The molecule has 0 bridgehead atoms. The predicted molar refractivity (Wildman–Crippen MR) is 98.7 cm³/mol. The minimum Gasteiger partial charge on any atom is -0.381 e. The number of nitrogens with two attached hydrogens (primary N) is 1. The molecule has 5 nitrogen and oxygen atoms in total. The average molecular weight is 404 g/mol. The van der Waals surface area contributed by atoms with Crippen molar-refractivity contribution in [3.8, 4) is 0 Å². The van der Waals surface area contributed by atoms with Crippen molar-refractivity contribution in [2.24, 2.45) is 11.1 Å². The van der Waals surface area contributed by atoms with Gasteiger partial charge in [0.25, 0.3) is 0 Å². The molecule has 0 radical (unpaired) electrons. The summed E-state index contributed by atoms with van der Waals surface area (Å²) < 4.78 is 31.6. The first-order valence-electron chi connectivity index (χ1n) is 8.00. The highest BCUT2D eigenvalue weighted by molar-refractivity contribution is 7.15. The number of carbonyl (C=O) groups excluding carboxylic acids is 1. The number of benzene rings is 1. The molecule has 0 spiro atoms. The average Bonchev–Trinajstić information content (AvgIpc) is 3.05. The maximum atomic E-state index is 13.3. The fraction of sp³-hybridized carbons (Fsp3) is 0.412. The van der Waals surface area contributed by atoms with Gasteiger partial charge in [-0.1, -0.05) is 6.07 Å². The molecule has 1 aliphatic rings. The van der Waals surface area contributed by atoms with Crippen LogP contribution >= 0.6 is 23.7 Å². The van der Waals surface area contributed by atoms with Crippen molar-refractivity contribution in [1.82, 2.24) is 4.98 Å². The summed E-state index contributed by atoms with van der Waals surface area (Å²) in [6.45, 7) is 1.29. The number of hydrogen-bond donors (Lipinski definition) is 2. The molecule has 9 heteroatoms. The third-order valence-electron chi connectivity index (χ3n) is 4.46. The molecule has 1 saturated heterocycles. The maximum absolute atomic E-state index is 13.3. The molecule has 0 atom stereocenters. The number of halogens is 3. The van der Waals surface area contributed by atoms with Crippen LogP contribution in [0.5, 0.6) is 0 Å². The van der Waals surface area contributed by atoms with Gasteiger partial charge in [0, 0.05) is 37.3 Å². The second-order valence-corrected chi connectivity index (χ2v) is 7.22. The first kappa shape index (κ1) is 20.7. The summed E-state index contributed by atoms with van der Waals surface area (Å²) in [4.78, 5) is 17.6. The molecule has 1 amide bonds. The maximum Gasteiger partial charge on any atom is 0.233 e. The zero-order valence-corrected chi connectivity index (χ0v) is 15.6. The van der Waals surface area contributed by atoms with Gasteiger partial charge >= 0.3 is 0 Å². The summed E-state index contributed by atoms with van der Waals surface area (Å²) in [5.74, 6) is -1.89.